The predicted molar refractivity (Wildman–Crippen MR) is 76.0 cm³/mol. The Labute approximate surface area is 115 Å². The van der Waals surface area contributed by atoms with Crippen molar-refractivity contribution in [3.05, 3.63) is 28.2 Å². The highest BCUT2D eigenvalue weighted by Crippen LogP contribution is 2.24. The van der Waals surface area contributed by atoms with Crippen LogP contribution in [0.3, 0.4) is 0 Å². The van der Waals surface area contributed by atoms with Gasteiger partial charge in [0.1, 0.15) is 5.75 Å². The molecule has 1 amide bonds. The number of amides is 1. The van der Waals surface area contributed by atoms with Crippen LogP contribution in [-0.4, -0.2) is 43.5 Å². The molecule has 0 aliphatic carbocycles. The molecule has 0 aromatic heterocycles. The molecule has 3 nitrogen and oxygen atoms in total. The summed E-state index contributed by atoms with van der Waals surface area (Å²) in [6.07, 6.45) is 2.03. The quantitative estimate of drug-likeness (QED) is 0.836. The van der Waals surface area contributed by atoms with Crippen LogP contribution in [0.15, 0.2) is 22.7 Å². The van der Waals surface area contributed by atoms with Crippen molar-refractivity contribution in [1.29, 1.82) is 0 Å². The van der Waals surface area contributed by atoms with E-state index in [1.165, 1.54) is 0 Å². The first-order valence-corrected chi connectivity index (χ1v) is 7.36. The number of benzene rings is 1. The van der Waals surface area contributed by atoms with Gasteiger partial charge in [-0.05, 0) is 24.5 Å². The first kappa shape index (κ1) is 14.4. The Morgan fingerprint density at radius 2 is 2.24 bits per heavy atom. The lowest BCUT2D eigenvalue weighted by Crippen LogP contribution is -2.29. The summed E-state index contributed by atoms with van der Waals surface area (Å²) in [5.41, 5.74) is 0.597. The second kappa shape index (κ2) is 6.91. The van der Waals surface area contributed by atoms with Gasteiger partial charge in [0.2, 0.25) is 0 Å². The standard InChI is InChI=1S/C12H16BrNO2S/c1-14(6-7-17-3)12(15)10-5-4-9(13)8-11(10)16-2/h4-5,8H,6-7H2,1-3H3. The molecule has 17 heavy (non-hydrogen) atoms. The number of carbonyl (C=O) groups is 1. The van der Waals surface area contributed by atoms with Crippen molar-refractivity contribution in [2.45, 2.75) is 0 Å². The van der Waals surface area contributed by atoms with E-state index in [2.05, 4.69) is 15.9 Å². The van der Waals surface area contributed by atoms with Crippen molar-refractivity contribution in [3.8, 4) is 5.75 Å². The van der Waals surface area contributed by atoms with E-state index >= 15 is 0 Å². The summed E-state index contributed by atoms with van der Waals surface area (Å²) in [5.74, 6) is 1.52. The van der Waals surface area contributed by atoms with Gasteiger partial charge in [-0.2, -0.15) is 11.8 Å². The zero-order valence-corrected chi connectivity index (χ0v) is 12.6. The van der Waals surface area contributed by atoms with Crippen molar-refractivity contribution >= 4 is 33.6 Å². The molecule has 0 fully saturated rings. The molecular formula is C12H16BrNO2S. The summed E-state index contributed by atoms with van der Waals surface area (Å²) < 4.78 is 6.12. The van der Waals surface area contributed by atoms with E-state index in [0.29, 0.717) is 11.3 Å². The van der Waals surface area contributed by atoms with Crippen LogP contribution in [0.4, 0.5) is 0 Å². The van der Waals surface area contributed by atoms with Crippen LogP contribution in [0.5, 0.6) is 5.75 Å². The molecule has 0 aliphatic heterocycles. The van der Waals surface area contributed by atoms with E-state index in [-0.39, 0.29) is 5.91 Å². The molecule has 0 heterocycles. The first-order valence-electron chi connectivity index (χ1n) is 5.18. The van der Waals surface area contributed by atoms with Crippen LogP contribution >= 0.6 is 27.7 Å². The molecule has 0 saturated heterocycles. The van der Waals surface area contributed by atoms with Crippen molar-refractivity contribution in [2.75, 3.05) is 32.7 Å². The van der Waals surface area contributed by atoms with Gasteiger partial charge in [-0.25, -0.2) is 0 Å². The highest BCUT2D eigenvalue weighted by atomic mass is 79.9. The van der Waals surface area contributed by atoms with E-state index < -0.39 is 0 Å². The van der Waals surface area contributed by atoms with Crippen LogP contribution in [-0.2, 0) is 0 Å². The zero-order chi connectivity index (χ0) is 12.8. The van der Waals surface area contributed by atoms with Crippen molar-refractivity contribution in [2.24, 2.45) is 0 Å². The second-order valence-electron chi connectivity index (χ2n) is 3.56. The average molecular weight is 318 g/mol. The molecule has 0 radical (unpaired) electrons. The predicted octanol–water partition coefficient (Wildman–Crippen LogP) is 2.89. The summed E-state index contributed by atoms with van der Waals surface area (Å²) in [7, 11) is 3.38. The van der Waals surface area contributed by atoms with E-state index in [4.69, 9.17) is 4.74 Å². The topological polar surface area (TPSA) is 29.5 Å². The van der Waals surface area contributed by atoms with Crippen LogP contribution in [0.1, 0.15) is 10.4 Å². The number of methoxy groups -OCH3 is 1. The number of rotatable bonds is 5. The number of ether oxygens (including phenoxy) is 1. The molecular weight excluding hydrogens is 302 g/mol. The maximum absolute atomic E-state index is 12.2. The molecule has 1 rings (SSSR count). The van der Waals surface area contributed by atoms with Gasteiger partial charge in [0.25, 0.3) is 5.91 Å². The Bertz CT molecular complexity index is 398. The van der Waals surface area contributed by atoms with E-state index in [0.717, 1.165) is 16.8 Å². The monoisotopic (exact) mass is 317 g/mol. The Hall–Kier alpha value is -0.680. The number of nitrogens with zero attached hydrogens (tertiary/aromatic N) is 1. The zero-order valence-electron chi connectivity index (χ0n) is 10.2. The Morgan fingerprint density at radius 3 is 2.82 bits per heavy atom. The minimum absolute atomic E-state index is 0.0107. The molecule has 1 aromatic carbocycles. The Morgan fingerprint density at radius 1 is 1.53 bits per heavy atom. The van der Waals surface area contributed by atoms with Crippen molar-refractivity contribution < 1.29 is 9.53 Å². The lowest BCUT2D eigenvalue weighted by molar-refractivity contribution is 0.0800. The third-order valence-corrected chi connectivity index (χ3v) is 3.46. The fourth-order valence-electron chi connectivity index (χ4n) is 1.38. The number of halogens is 1. The van der Waals surface area contributed by atoms with E-state index in [1.807, 2.05) is 12.3 Å². The van der Waals surface area contributed by atoms with E-state index in [9.17, 15) is 4.79 Å². The van der Waals surface area contributed by atoms with Gasteiger partial charge in [0.05, 0.1) is 12.7 Å². The molecule has 5 heteroatoms. The molecule has 0 N–H and O–H groups in total. The lowest BCUT2D eigenvalue weighted by atomic mass is 10.2. The van der Waals surface area contributed by atoms with Gasteiger partial charge in [-0.1, -0.05) is 15.9 Å². The van der Waals surface area contributed by atoms with Crippen molar-refractivity contribution in [1.82, 2.24) is 4.90 Å². The fourth-order valence-corrected chi connectivity index (χ4v) is 2.17. The maximum atomic E-state index is 12.2. The van der Waals surface area contributed by atoms with Gasteiger partial charge in [-0.15, -0.1) is 0 Å². The van der Waals surface area contributed by atoms with Crippen LogP contribution in [0.2, 0.25) is 0 Å². The number of carbonyl (C=O) groups excluding carboxylic acids is 1. The SMILES string of the molecule is COc1cc(Br)ccc1C(=O)N(C)CCSC. The van der Waals surface area contributed by atoms with Crippen molar-refractivity contribution in [3.63, 3.8) is 0 Å². The molecule has 0 unspecified atom stereocenters. The third kappa shape index (κ3) is 3.92. The molecule has 0 saturated carbocycles. The highest BCUT2D eigenvalue weighted by molar-refractivity contribution is 9.10. The fraction of sp³-hybridized carbons (Fsp3) is 0.417. The number of thioether (sulfide) groups is 1. The molecule has 0 aliphatic rings. The highest BCUT2D eigenvalue weighted by Gasteiger charge is 2.16. The van der Waals surface area contributed by atoms with Crippen LogP contribution < -0.4 is 4.74 Å². The normalized spacial score (nSPS) is 10.1. The molecule has 0 spiro atoms. The Balaban J connectivity index is 2.87. The smallest absolute Gasteiger partial charge is 0.257 e. The molecule has 0 atom stereocenters. The van der Waals surface area contributed by atoms with Crippen LogP contribution in [0, 0.1) is 0 Å². The van der Waals surface area contributed by atoms with E-state index in [1.54, 1.807) is 43.0 Å². The minimum atomic E-state index is -0.0107. The summed E-state index contributed by atoms with van der Waals surface area (Å²) in [6.45, 7) is 0.735. The second-order valence-corrected chi connectivity index (χ2v) is 5.47. The van der Waals surface area contributed by atoms with Gasteiger partial charge in [0, 0.05) is 23.8 Å². The van der Waals surface area contributed by atoms with Gasteiger partial charge in [0.15, 0.2) is 0 Å². The molecule has 1 aromatic rings. The Kier molecular flexibility index (Phi) is 5.85. The lowest BCUT2D eigenvalue weighted by Gasteiger charge is -2.18. The van der Waals surface area contributed by atoms with Crippen LogP contribution in [0.25, 0.3) is 0 Å². The largest absolute Gasteiger partial charge is 0.496 e. The molecule has 94 valence electrons. The minimum Gasteiger partial charge on any atom is -0.496 e. The summed E-state index contributed by atoms with van der Waals surface area (Å²) >= 11 is 5.08. The number of hydrogen-bond donors (Lipinski definition) is 0. The molecule has 0 bridgehead atoms. The number of hydrogen-bond acceptors (Lipinski definition) is 3. The summed E-state index contributed by atoms with van der Waals surface area (Å²) in [4.78, 5) is 13.9. The average Bonchev–Trinajstić information content (AvgIpc) is 2.34. The summed E-state index contributed by atoms with van der Waals surface area (Å²) in [6, 6.07) is 5.43. The summed E-state index contributed by atoms with van der Waals surface area (Å²) in [5, 5.41) is 0. The maximum Gasteiger partial charge on any atom is 0.257 e. The van der Waals surface area contributed by atoms with Gasteiger partial charge in [-0.3, -0.25) is 4.79 Å². The third-order valence-electron chi connectivity index (χ3n) is 2.37. The first-order chi connectivity index (χ1) is 8.10. The van der Waals surface area contributed by atoms with Gasteiger partial charge >= 0.3 is 0 Å². The van der Waals surface area contributed by atoms with Gasteiger partial charge < -0.3 is 9.64 Å².